The Morgan fingerprint density at radius 1 is 0.640 bits per heavy atom. The van der Waals surface area contributed by atoms with E-state index < -0.39 is 30.7 Å². The first-order valence-corrected chi connectivity index (χ1v) is 17.8. The van der Waals surface area contributed by atoms with Gasteiger partial charge in [0.2, 0.25) is 0 Å². The highest BCUT2D eigenvalue weighted by Gasteiger charge is 2.20. The van der Waals surface area contributed by atoms with Crippen LogP contribution in [0.25, 0.3) is 21.1 Å². The van der Waals surface area contributed by atoms with Gasteiger partial charge >= 0.3 is 0 Å². The lowest BCUT2D eigenvalue weighted by Gasteiger charge is -2.21. The number of ether oxygens (including phenoxy) is 4. The number of rotatable bonds is 18. The summed E-state index contributed by atoms with van der Waals surface area (Å²) in [6.45, 7) is 14.2. The number of nitriles is 2. The summed E-state index contributed by atoms with van der Waals surface area (Å²) in [5.41, 5.74) is -0.0928. The predicted molar refractivity (Wildman–Crippen MR) is 177 cm³/mol. The maximum absolute atomic E-state index is 11.8. The summed E-state index contributed by atoms with van der Waals surface area (Å²) in [7, 11) is -9.31. The second-order valence-corrected chi connectivity index (χ2v) is 13.4. The van der Waals surface area contributed by atoms with Crippen molar-refractivity contribution in [3.63, 3.8) is 0 Å². The first kappa shape index (κ1) is 39.1. The minimum Gasteiger partial charge on any atom is -0.747 e. The van der Waals surface area contributed by atoms with Gasteiger partial charge in [0.05, 0.1) is 49.0 Å². The third-order valence-electron chi connectivity index (χ3n) is 7.09. The van der Waals surface area contributed by atoms with Crippen molar-refractivity contribution in [3.8, 4) is 23.6 Å². The largest absolute Gasteiger partial charge is 0.747 e. The second kappa shape index (κ2) is 19.0. The first-order valence-electron chi connectivity index (χ1n) is 14.8. The van der Waals surface area contributed by atoms with E-state index in [9.17, 15) is 36.5 Å². The van der Waals surface area contributed by atoms with Crippen molar-refractivity contribution in [1.82, 2.24) is 0 Å². The minimum atomic E-state index is -4.66. The van der Waals surface area contributed by atoms with Crippen LogP contribution in [0.15, 0.2) is 72.8 Å². The molecule has 0 aliphatic rings. The maximum Gasteiger partial charge on any atom is 0.272 e. The number of hydrogen-bond acceptors (Lipinski definition) is 12. The second-order valence-electron chi connectivity index (χ2n) is 10.3. The van der Waals surface area contributed by atoms with Crippen LogP contribution in [0.4, 0.5) is 0 Å². The Kier molecular flexibility index (Phi) is 14.9. The van der Waals surface area contributed by atoms with E-state index in [1.807, 2.05) is 0 Å². The molecule has 2 atom stereocenters. The molecular formula is C34H30N4O10S2-2. The SMILES string of the molecule is [C-]#[N+]/C(C#N)=c1/cc(OCCOCCC(c2ccccc2)S(=O)(=O)[O-])/c(=C(\C#N)[N+]#[C-])cc1OCCOCCC(c1ccccc1)S(=O)(=O)[O-]. The highest BCUT2D eigenvalue weighted by Crippen LogP contribution is 2.26. The average molecular weight is 719 g/mol. The number of benzene rings is 3. The van der Waals surface area contributed by atoms with Crippen molar-refractivity contribution >= 4 is 31.6 Å². The van der Waals surface area contributed by atoms with Crippen molar-refractivity contribution in [1.29, 1.82) is 10.5 Å². The summed E-state index contributed by atoms with van der Waals surface area (Å²) in [5, 5.41) is 16.6. The quantitative estimate of drug-likeness (QED) is 0.106. The molecule has 2 unspecified atom stereocenters. The summed E-state index contributed by atoms with van der Waals surface area (Å²) >= 11 is 0. The molecule has 16 heteroatoms. The molecule has 0 heterocycles. The van der Waals surface area contributed by atoms with Gasteiger partial charge in [-0.1, -0.05) is 60.7 Å². The highest BCUT2D eigenvalue weighted by atomic mass is 32.2. The molecular weight excluding hydrogens is 689 g/mol. The predicted octanol–water partition coefficient (Wildman–Crippen LogP) is 2.93. The third kappa shape index (κ3) is 11.4. The van der Waals surface area contributed by atoms with E-state index in [4.69, 9.17) is 32.1 Å². The summed E-state index contributed by atoms with van der Waals surface area (Å²) in [6, 6.07) is 22.1. The molecule has 0 bridgehead atoms. The molecule has 0 fully saturated rings. The molecule has 3 aromatic rings. The van der Waals surface area contributed by atoms with E-state index in [0.29, 0.717) is 11.1 Å². The van der Waals surface area contributed by atoms with Crippen LogP contribution in [0.5, 0.6) is 11.5 Å². The molecule has 0 N–H and O–H groups in total. The van der Waals surface area contributed by atoms with Gasteiger partial charge in [0.25, 0.3) is 11.4 Å². The molecule has 0 amide bonds. The van der Waals surface area contributed by atoms with Gasteiger partial charge in [-0.2, -0.15) is 0 Å². The van der Waals surface area contributed by atoms with Gasteiger partial charge in [-0.15, -0.1) is 0 Å². The van der Waals surface area contributed by atoms with Crippen molar-refractivity contribution < 1.29 is 44.9 Å². The van der Waals surface area contributed by atoms with Gasteiger partial charge < -0.3 is 28.1 Å². The fourth-order valence-electron chi connectivity index (χ4n) is 4.76. The fourth-order valence-corrected chi connectivity index (χ4v) is 6.51. The van der Waals surface area contributed by atoms with E-state index in [1.165, 1.54) is 36.4 Å². The monoisotopic (exact) mass is 718 g/mol. The summed E-state index contributed by atoms with van der Waals surface area (Å²) < 4.78 is 93.3. The Balaban J connectivity index is 1.71. The Bertz CT molecular complexity index is 1950. The van der Waals surface area contributed by atoms with Gasteiger partial charge in [0.1, 0.15) is 44.9 Å². The molecule has 50 heavy (non-hydrogen) atoms. The molecule has 3 aromatic carbocycles. The van der Waals surface area contributed by atoms with E-state index in [2.05, 4.69) is 9.69 Å². The molecule has 0 radical (unpaired) electrons. The van der Waals surface area contributed by atoms with Gasteiger partial charge in [-0.25, -0.2) is 37.0 Å². The van der Waals surface area contributed by atoms with Crippen LogP contribution in [-0.2, 0) is 29.7 Å². The van der Waals surface area contributed by atoms with Crippen LogP contribution in [0, 0.1) is 35.8 Å². The molecule has 3 rings (SSSR count). The van der Waals surface area contributed by atoms with Crippen molar-refractivity contribution in [2.75, 3.05) is 39.6 Å². The van der Waals surface area contributed by atoms with E-state index in [1.54, 1.807) is 48.5 Å². The van der Waals surface area contributed by atoms with Crippen LogP contribution < -0.4 is 19.9 Å². The molecule has 260 valence electrons. The first-order chi connectivity index (χ1) is 23.9. The molecule has 0 saturated carbocycles. The molecule has 0 aromatic heterocycles. The van der Waals surface area contributed by atoms with E-state index >= 15 is 0 Å². The standard InChI is InChI=1S/C34H32N4O10S2/c1-37-29(23-35)27-21-32(48-20-18-46-16-14-34(50(42,43)44)26-11-7-4-8-12-26)28(30(24-36)38-2)22-31(27)47-19-17-45-15-13-33(49(39,40)41)25-9-5-3-6-10-25/h3-12,21-22,33-34H,13-20H2,(H,39,40,41)(H,42,43,44)/p-2/b29-27-,30-28+. The van der Waals surface area contributed by atoms with E-state index in [-0.39, 0.29) is 85.8 Å². The summed E-state index contributed by atoms with van der Waals surface area (Å²) in [4.78, 5) is 6.45. The highest BCUT2D eigenvalue weighted by molar-refractivity contribution is 7.86. The summed E-state index contributed by atoms with van der Waals surface area (Å²) in [5.74, 6) is -0.0718. The maximum atomic E-state index is 11.8. The van der Waals surface area contributed by atoms with Gasteiger partial charge in [0, 0.05) is 23.7 Å². The zero-order chi connectivity index (χ0) is 36.6. The van der Waals surface area contributed by atoms with Crippen LogP contribution >= 0.6 is 0 Å². The Morgan fingerprint density at radius 3 is 1.30 bits per heavy atom. The fraction of sp³-hybridized carbons (Fsp3) is 0.294. The number of hydrogen-bond donors (Lipinski definition) is 0. The molecule has 0 saturated heterocycles. The molecule has 14 nitrogen and oxygen atoms in total. The lowest BCUT2D eigenvalue weighted by Crippen LogP contribution is -2.22. The molecule has 0 aliphatic heterocycles. The van der Waals surface area contributed by atoms with Crippen molar-refractivity contribution in [2.45, 2.75) is 23.3 Å². The van der Waals surface area contributed by atoms with E-state index in [0.717, 1.165) is 0 Å². The Labute approximate surface area is 290 Å². The summed E-state index contributed by atoms with van der Waals surface area (Å²) in [6.07, 6.45) is -0.218. The lowest BCUT2D eigenvalue weighted by atomic mass is 10.1. The molecule has 0 aliphatic carbocycles. The zero-order valence-corrected chi connectivity index (χ0v) is 28.1. The van der Waals surface area contributed by atoms with Crippen LogP contribution in [-0.4, -0.2) is 65.6 Å². The van der Waals surface area contributed by atoms with Crippen LogP contribution in [0.2, 0.25) is 0 Å². The lowest BCUT2D eigenvalue weighted by molar-refractivity contribution is 0.0957. The van der Waals surface area contributed by atoms with Gasteiger partial charge in [-0.3, -0.25) is 0 Å². The minimum absolute atomic E-state index is 0.00242. The average Bonchev–Trinajstić information content (AvgIpc) is 3.09. The molecule has 0 spiro atoms. The van der Waals surface area contributed by atoms with Gasteiger partial charge in [0.15, 0.2) is 0 Å². The van der Waals surface area contributed by atoms with Crippen molar-refractivity contribution in [2.24, 2.45) is 0 Å². The van der Waals surface area contributed by atoms with Crippen LogP contribution in [0.1, 0.15) is 34.5 Å². The van der Waals surface area contributed by atoms with Crippen molar-refractivity contribution in [3.05, 3.63) is 117 Å². The van der Waals surface area contributed by atoms with Crippen LogP contribution in [0.3, 0.4) is 0 Å². The topological polar surface area (TPSA) is 208 Å². The Hall–Kier alpha value is -5.30. The third-order valence-corrected chi connectivity index (χ3v) is 9.50. The smallest absolute Gasteiger partial charge is 0.272 e. The van der Waals surface area contributed by atoms with Gasteiger partial charge in [-0.05, 0) is 36.1 Å². The number of nitrogens with zero attached hydrogens (tertiary/aromatic N) is 4. The normalized spacial score (nSPS) is 13.7. The Morgan fingerprint density at radius 2 is 1.00 bits per heavy atom. The zero-order valence-electron chi connectivity index (χ0n) is 26.4.